The zero-order chi connectivity index (χ0) is 23.0. The van der Waals surface area contributed by atoms with Crippen LogP contribution in [-0.2, 0) is 9.84 Å². The molecular weight excluding hydrogens is 589 g/mol. The SMILES string of the molecule is O=S(=O)(c1cc(Br)[c]c(Br)c1C1CC(F)(F)C1(F)F)C(F)(F)C(F)(F)C(F)(F)F. The summed E-state index contributed by atoms with van der Waals surface area (Å²) in [6, 6.07) is 2.02. The van der Waals surface area contributed by atoms with Gasteiger partial charge in [0, 0.05) is 21.4 Å². The maximum Gasteiger partial charge on any atom is 0.461 e. The molecule has 1 atom stereocenters. The number of alkyl halides is 11. The number of hydrogen-bond acceptors (Lipinski definition) is 2. The number of halogens is 13. The second kappa shape index (κ2) is 6.68. The molecule has 165 valence electrons. The van der Waals surface area contributed by atoms with Gasteiger partial charge in [0.05, 0.1) is 10.8 Å². The highest BCUT2D eigenvalue weighted by atomic mass is 79.9. The lowest BCUT2D eigenvalue weighted by atomic mass is 9.72. The molecule has 0 aromatic heterocycles. The topological polar surface area (TPSA) is 34.1 Å². The van der Waals surface area contributed by atoms with Crippen molar-refractivity contribution in [1.82, 2.24) is 0 Å². The highest BCUT2D eigenvalue weighted by molar-refractivity contribution is 9.11. The Labute approximate surface area is 171 Å². The molecule has 1 saturated carbocycles. The summed E-state index contributed by atoms with van der Waals surface area (Å²) in [5.74, 6) is -19.6. The van der Waals surface area contributed by atoms with Crippen LogP contribution in [0.5, 0.6) is 0 Å². The first-order valence-electron chi connectivity index (χ1n) is 6.86. The minimum atomic E-state index is -7.12. The van der Waals surface area contributed by atoms with Gasteiger partial charge < -0.3 is 0 Å². The average molecular weight is 593 g/mol. The van der Waals surface area contributed by atoms with Gasteiger partial charge in [0.25, 0.3) is 9.84 Å². The van der Waals surface area contributed by atoms with Gasteiger partial charge in [-0.15, -0.1) is 0 Å². The molecule has 1 aromatic carbocycles. The quantitative estimate of drug-likeness (QED) is 0.383. The van der Waals surface area contributed by atoms with Crippen LogP contribution in [0, 0.1) is 6.07 Å². The minimum Gasteiger partial charge on any atom is -0.217 e. The molecule has 0 aliphatic heterocycles. The van der Waals surface area contributed by atoms with E-state index in [2.05, 4.69) is 31.9 Å². The van der Waals surface area contributed by atoms with Crippen LogP contribution in [-0.4, -0.2) is 37.6 Å². The van der Waals surface area contributed by atoms with Gasteiger partial charge in [-0.25, -0.2) is 8.42 Å². The van der Waals surface area contributed by atoms with E-state index in [0.717, 1.165) is 0 Å². The van der Waals surface area contributed by atoms with Gasteiger partial charge in [-0.1, -0.05) is 15.9 Å². The van der Waals surface area contributed by atoms with Gasteiger partial charge in [0.1, 0.15) is 0 Å². The summed E-state index contributed by atoms with van der Waals surface area (Å²) < 4.78 is 168. The highest BCUT2D eigenvalue weighted by Gasteiger charge is 2.79. The Morgan fingerprint density at radius 1 is 1.00 bits per heavy atom. The Morgan fingerprint density at radius 2 is 1.48 bits per heavy atom. The van der Waals surface area contributed by atoms with Gasteiger partial charge in [-0.05, 0) is 27.6 Å². The van der Waals surface area contributed by atoms with E-state index in [-0.39, 0.29) is 6.07 Å². The van der Waals surface area contributed by atoms with E-state index >= 15 is 0 Å². The largest absolute Gasteiger partial charge is 0.461 e. The average Bonchev–Trinajstić information content (AvgIpc) is 2.51. The van der Waals surface area contributed by atoms with E-state index in [0.29, 0.717) is 0 Å². The van der Waals surface area contributed by atoms with Crippen LogP contribution in [0.4, 0.5) is 48.3 Å². The smallest absolute Gasteiger partial charge is 0.217 e. The molecule has 1 radical (unpaired) electrons. The van der Waals surface area contributed by atoms with Crippen LogP contribution in [0.2, 0.25) is 0 Å². The van der Waals surface area contributed by atoms with Gasteiger partial charge in [0.2, 0.25) is 0 Å². The number of rotatable bonds is 4. The first-order chi connectivity index (χ1) is 12.6. The van der Waals surface area contributed by atoms with Crippen LogP contribution in [0.1, 0.15) is 17.9 Å². The van der Waals surface area contributed by atoms with Crippen LogP contribution >= 0.6 is 31.9 Å². The predicted octanol–water partition coefficient (Wildman–Crippen LogP) is 6.33. The van der Waals surface area contributed by atoms with Gasteiger partial charge in [0.15, 0.2) is 0 Å². The fourth-order valence-corrected chi connectivity index (χ4v) is 5.67. The molecule has 0 N–H and O–H groups in total. The van der Waals surface area contributed by atoms with Gasteiger partial charge in [-0.3, -0.25) is 0 Å². The summed E-state index contributed by atoms with van der Waals surface area (Å²) in [6.07, 6.45) is -8.82. The van der Waals surface area contributed by atoms with E-state index < -0.39 is 70.8 Å². The third kappa shape index (κ3) is 3.36. The van der Waals surface area contributed by atoms with Crippen LogP contribution in [0.15, 0.2) is 19.9 Å². The Kier molecular flexibility index (Phi) is 5.67. The van der Waals surface area contributed by atoms with Crippen molar-refractivity contribution in [2.75, 3.05) is 0 Å². The second-order valence-corrected chi connectivity index (χ2v) is 9.49. The van der Waals surface area contributed by atoms with Crippen molar-refractivity contribution in [3.63, 3.8) is 0 Å². The summed E-state index contributed by atoms with van der Waals surface area (Å²) in [7, 11) is -7.03. The maximum atomic E-state index is 13.9. The molecule has 1 fully saturated rings. The maximum absolute atomic E-state index is 13.9. The molecule has 0 saturated heterocycles. The normalized spacial score (nSPS) is 22.3. The Morgan fingerprint density at radius 3 is 1.86 bits per heavy atom. The van der Waals surface area contributed by atoms with Crippen molar-refractivity contribution in [2.45, 2.75) is 46.4 Å². The van der Waals surface area contributed by atoms with E-state index in [4.69, 9.17) is 0 Å². The molecule has 2 rings (SSSR count). The van der Waals surface area contributed by atoms with Crippen molar-refractivity contribution in [2.24, 2.45) is 0 Å². The molecular formula is C13H4Br2F11O2S. The predicted molar refractivity (Wildman–Crippen MR) is 81.1 cm³/mol. The Bertz CT molecular complexity index is 941. The van der Waals surface area contributed by atoms with Crippen LogP contribution in [0.3, 0.4) is 0 Å². The standard InChI is InChI=1S/C13H4Br2F11O2S/c14-4-1-6(15)8(5-3-9(16,17)10(5,18)19)7(2-4)29(27,28)13(25,26)11(20,21)12(22,23)24/h2,5H,3H2. The van der Waals surface area contributed by atoms with Crippen LogP contribution < -0.4 is 0 Å². The van der Waals surface area contributed by atoms with E-state index in [1.165, 1.54) is 0 Å². The lowest BCUT2D eigenvalue weighted by molar-refractivity contribution is -0.332. The summed E-state index contributed by atoms with van der Waals surface area (Å²) >= 11 is 4.92. The Balaban J connectivity index is 2.79. The molecule has 2 nitrogen and oxygen atoms in total. The molecule has 0 bridgehead atoms. The molecule has 16 heteroatoms. The number of hydrogen-bond donors (Lipinski definition) is 0. The Hall–Kier alpha value is -0.640. The summed E-state index contributed by atoms with van der Waals surface area (Å²) in [5.41, 5.74) is -1.53. The van der Waals surface area contributed by atoms with E-state index in [9.17, 15) is 56.7 Å². The van der Waals surface area contributed by atoms with E-state index in [1.807, 2.05) is 6.07 Å². The number of benzene rings is 1. The molecule has 1 aliphatic carbocycles. The van der Waals surface area contributed by atoms with Crippen molar-refractivity contribution in [1.29, 1.82) is 0 Å². The fraction of sp³-hybridized carbons (Fsp3) is 0.538. The summed E-state index contributed by atoms with van der Waals surface area (Å²) in [5, 5.41) is -6.85. The van der Waals surface area contributed by atoms with Crippen molar-refractivity contribution in [3.8, 4) is 0 Å². The molecule has 0 spiro atoms. The molecule has 1 unspecified atom stereocenters. The monoisotopic (exact) mass is 591 g/mol. The molecule has 0 heterocycles. The lowest BCUT2D eigenvalue weighted by Gasteiger charge is -2.45. The fourth-order valence-electron chi connectivity index (χ4n) is 2.46. The van der Waals surface area contributed by atoms with Gasteiger partial charge in [-0.2, -0.15) is 48.3 Å². The first kappa shape index (κ1) is 24.6. The van der Waals surface area contributed by atoms with Crippen molar-refractivity contribution < 1.29 is 56.7 Å². The van der Waals surface area contributed by atoms with Gasteiger partial charge >= 0.3 is 29.2 Å². The van der Waals surface area contributed by atoms with Crippen molar-refractivity contribution in [3.05, 3.63) is 26.6 Å². The third-order valence-corrected chi connectivity index (χ3v) is 6.97. The second-order valence-electron chi connectivity index (χ2n) is 5.89. The minimum absolute atomic E-state index is 0.00232. The molecule has 29 heavy (non-hydrogen) atoms. The first-order valence-corrected chi connectivity index (χ1v) is 9.93. The lowest BCUT2D eigenvalue weighted by Crippen LogP contribution is -2.58. The zero-order valence-corrected chi connectivity index (χ0v) is 17.0. The highest BCUT2D eigenvalue weighted by Crippen LogP contribution is 2.62. The third-order valence-electron chi connectivity index (χ3n) is 4.07. The van der Waals surface area contributed by atoms with Crippen LogP contribution in [0.25, 0.3) is 0 Å². The molecule has 1 aliphatic rings. The summed E-state index contributed by atoms with van der Waals surface area (Å²) in [6.45, 7) is 0. The summed E-state index contributed by atoms with van der Waals surface area (Å²) in [4.78, 5) is -2.11. The van der Waals surface area contributed by atoms with E-state index in [1.54, 1.807) is 0 Å². The number of sulfone groups is 1. The van der Waals surface area contributed by atoms with Crippen molar-refractivity contribution >= 4 is 41.7 Å². The molecule has 1 aromatic rings. The molecule has 0 amide bonds. The zero-order valence-electron chi connectivity index (χ0n) is 13.0.